The molecule has 22 heteroatoms. The van der Waals surface area contributed by atoms with Gasteiger partial charge in [0.05, 0.1) is 62.3 Å². The third-order valence-electron chi connectivity index (χ3n) is 14.5. The van der Waals surface area contributed by atoms with Crippen molar-refractivity contribution in [2.45, 2.75) is 142 Å². The van der Waals surface area contributed by atoms with Crippen molar-refractivity contribution in [3.63, 3.8) is 0 Å². The fourth-order valence-corrected chi connectivity index (χ4v) is 9.11. The molecule has 0 N–H and O–H groups in total. The van der Waals surface area contributed by atoms with E-state index < -0.39 is 55.6 Å². The predicted octanol–water partition coefficient (Wildman–Crippen LogP) is 9.60. The Hall–Kier alpha value is -3.59. The summed E-state index contributed by atoms with van der Waals surface area (Å²) in [6.07, 6.45) is 3.47. The fourth-order valence-electron chi connectivity index (χ4n) is 8.30. The van der Waals surface area contributed by atoms with Gasteiger partial charge in [-0.3, -0.25) is 9.59 Å². The second-order valence-electron chi connectivity index (χ2n) is 20.8. The van der Waals surface area contributed by atoms with Crippen molar-refractivity contribution in [3.8, 4) is 0 Å². The van der Waals surface area contributed by atoms with Crippen LogP contribution in [0.15, 0.2) is 53.3 Å². The number of halogens is 7. The topological polar surface area (TPSA) is 122 Å². The zero-order valence-corrected chi connectivity index (χ0v) is 44.4. The summed E-state index contributed by atoms with van der Waals surface area (Å²) < 4.78 is 94.3. The van der Waals surface area contributed by atoms with E-state index in [0.29, 0.717) is 11.1 Å². The number of nitrogens with zero attached hydrogens (tertiary/aromatic N) is 4. The zero-order valence-electron chi connectivity index (χ0n) is 41.3. The smallest absolute Gasteiger partial charge is 0.405 e. The van der Waals surface area contributed by atoms with Crippen LogP contribution in [0.2, 0.25) is 10.3 Å². The number of pyridine rings is 2. The molecule has 4 aromatic rings. The van der Waals surface area contributed by atoms with E-state index in [2.05, 4.69) is 25.9 Å². The molecule has 2 aromatic carbocycles. The van der Waals surface area contributed by atoms with Gasteiger partial charge >= 0.3 is 21.1 Å². The summed E-state index contributed by atoms with van der Waals surface area (Å²) in [7, 11) is -1.97. The average molecular weight is 1080 g/mol. The molecular formula is C48H56B3BrCl2F4N4O8. The van der Waals surface area contributed by atoms with Gasteiger partial charge in [0, 0.05) is 42.1 Å². The van der Waals surface area contributed by atoms with E-state index in [4.69, 9.17) is 51.1 Å². The molecule has 0 spiro atoms. The molecule has 70 heavy (non-hydrogen) atoms. The van der Waals surface area contributed by atoms with Crippen molar-refractivity contribution in [2.24, 2.45) is 0 Å². The largest absolute Gasteiger partial charge is 0.497 e. The van der Waals surface area contributed by atoms with Gasteiger partial charge in [-0.1, -0.05) is 35.3 Å². The Morgan fingerprint density at radius 1 is 0.600 bits per heavy atom. The molecule has 3 fully saturated rings. The Morgan fingerprint density at radius 3 is 1.34 bits per heavy atom. The molecule has 9 rings (SSSR count). The monoisotopic (exact) mass is 1070 g/mol. The molecule has 0 atom stereocenters. The van der Waals surface area contributed by atoms with Crippen LogP contribution < -0.4 is 15.3 Å². The maximum Gasteiger partial charge on any atom is 0.497 e. The van der Waals surface area contributed by atoms with Crippen molar-refractivity contribution in [1.82, 2.24) is 9.97 Å². The highest BCUT2D eigenvalue weighted by molar-refractivity contribution is 9.10. The Morgan fingerprint density at radius 2 is 0.957 bits per heavy atom. The van der Waals surface area contributed by atoms with Crippen LogP contribution in [0.4, 0.5) is 28.9 Å². The Bertz CT molecular complexity index is 2620. The van der Waals surface area contributed by atoms with Crippen LogP contribution in [0, 0.1) is 23.3 Å². The Balaban J connectivity index is 0.000000161. The minimum atomic E-state index is -1.02. The zero-order chi connectivity index (χ0) is 51.7. The molecule has 2 amide bonds. The third-order valence-corrected chi connectivity index (χ3v) is 15.8. The lowest BCUT2D eigenvalue weighted by atomic mass is 9.49. The number of carbonyl (C=O) groups is 2. The molecule has 2 aromatic heterocycles. The van der Waals surface area contributed by atoms with Gasteiger partial charge < -0.3 is 37.7 Å². The maximum atomic E-state index is 15.3. The molecular weight excluding hydrogens is 1020 g/mol. The molecule has 0 saturated carbocycles. The van der Waals surface area contributed by atoms with E-state index in [1.807, 2.05) is 83.1 Å². The van der Waals surface area contributed by atoms with Gasteiger partial charge in [0.25, 0.3) is 0 Å². The average Bonchev–Trinajstić information content (AvgIpc) is 4.05. The number of amides is 2. The van der Waals surface area contributed by atoms with E-state index in [9.17, 15) is 18.4 Å². The van der Waals surface area contributed by atoms with Crippen molar-refractivity contribution >= 4 is 88.9 Å². The van der Waals surface area contributed by atoms with Crippen LogP contribution >= 0.6 is 39.1 Å². The molecule has 5 aliphatic rings. The SMILES string of the molecule is CC1(C)OB(B2OC(C)(C)C(C)(C)O2)OC1(C)C.CC1(C)OB(c2cc(F)c3c(c2F)CCN3C(=O)Cc2cccnc2Cl)OC1(C)C.O=C(Cc1cccnc1Cl)N1CCc2c(F)c(Br)cc(F)c21. The van der Waals surface area contributed by atoms with E-state index in [1.54, 1.807) is 24.3 Å². The standard InChI is InChI=1S/C21H22BClF2N2O3.C15H10BrClF2N2O.C12H24B2O4/c1-20(2)21(3,4)30-22(29-20)14-11-15(24)18-13(17(14)25)7-9-27(18)16(28)10-12-6-5-8-26-19(12)23;16-10-7-11(18)14-9(13(10)19)3-5-21(14)12(22)6-8-2-1-4-20-15(8)17;1-9(2)10(3,4)16-13(15-9)14-17-11(5,6)12(7,8)18-14/h5-6,8,11H,7,9-10H2,1-4H3;1-2,4,7H,3,5-6H2;1-8H3. The van der Waals surface area contributed by atoms with Crippen LogP contribution in [0.1, 0.15) is 105 Å². The van der Waals surface area contributed by atoms with Crippen LogP contribution in [0.5, 0.6) is 0 Å². The van der Waals surface area contributed by atoms with Gasteiger partial charge in [0.15, 0.2) is 0 Å². The van der Waals surface area contributed by atoms with Gasteiger partial charge in [-0.15, -0.1) is 0 Å². The van der Waals surface area contributed by atoms with E-state index in [-0.39, 0.29) is 116 Å². The number of fused-ring (bicyclic) bond motifs is 2. The second kappa shape index (κ2) is 19.7. The summed E-state index contributed by atoms with van der Waals surface area (Å²) in [4.78, 5) is 35.6. The van der Waals surface area contributed by atoms with Gasteiger partial charge in [-0.25, -0.2) is 27.5 Å². The Kier molecular flexibility index (Phi) is 15.2. The first kappa shape index (κ1) is 54.2. The minimum absolute atomic E-state index is 0.00880. The summed E-state index contributed by atoms with van der Waals surface area (Å²) in [5.74, 6) is -3.13. The lowest BCUT2D eigenvalue weighted by molar-refractivity contribution is -0.118. The van der Waals surface area contributed by atoms with Gasteiger partial charge in [-0.2, -0.15) is 0 Å². The summed E-state index contributed by atoms with van der Waals surface area (Å²) in [6.45, 7) is 24.0. The van der Waals surface area contributed by atoms with E-state index in [0.717, 1.165) is 12.1 Å². The van der Waals surface area contributed by atoms with Crippen LogP contribution in [-0.2, 0) is 63.2 Å². The molecule has 0 bridgehead atoms. The predicted molar refractivity (Wildman–Crippen MR) is 266 cm³/mol. The highest BCUT2D eigenvalue weighted by atomic mass is 79.9. The van der Waals surface area contributed by atoms with Crippen molar-refractivity contribution < 1.29 is 55.1 Å². The third kappa shape index (κ3) is 10.5. The summed E-state index contributed by atoms with van der Waals surface area (Å²) in [5.41, 5.74) is -1.32. The number of aromatic nitrogens is 2. The molecule has 0 aliphatic carbocycles. The maximum absolute atomic E-state index is 15.3. The number of rotatable bonds is 6. The van der Waals surface area contributed by atoms with Crippen LogP contribution in [-0.4, -0.2) is 89.6 Å². The normalized spacial score (nSPS) is 20.7. The molecule has 0 unspecified atom stereocenters. The lowest BCUT2D eigenvalue weighted by Crippen LogP contribution is -2.41. The van der Waals surface area contributed by atoms with E-state index in [1.165, 1.54) is 22.2 Å². The summed E-state index contributed by atoms with van der Waals surface area (Å²) in [5, 5.41) is 0.450. The van der Waals surface area contributed by atoms with Crippen LogP contribution in [0.25, 0.3) is 0 Å². The molecule has 12 nitrogen and oxygen atoms in total. The van der Waals surface area contributed by atoms with E-state index >= 15 is 8.78 Å². The molecule has 374 valence electrons. The summed E-state index contributed by atoms with van der Waals surface area (Å²) >= 11 is 14.9. The number of hydrogen-bond donors (Lipinski definition) is 0. The van der Waals surface area contributed by atoms with Crippen molar-refractivity contribution in [1.29, 1.82) is 0 Å². The number of benzene rings is 2. The number of anilines is 2. The van der Waals surface area contributed by atoms with Gasteiger partial charge in [0.1, 0.15) is 33.6 Å². The van der Waals surface area contributed by atoms with Crippen LogP contribution in [0.3, 0.4) is 0 Å². The minimum Gasteiger partial charge on any atom is -0.405 e. The number of carbonyl (C=O) groups excluding carboxylic acids is 2. The highest BCUT2D eigenvalue weighted by Gasteiger charge is 2.64. The molecule has 3 saturated heterocycles. The fraction of sp³-hybridized carbons (Fsp3) is 0.500. The van der Waals surface area contributed by atoms with Gasteiger partial charge in [-0.05, 0) is 147 Å². The number of hydrogen-bond acceptors (Lipinski definition) is 10. The molecule has 7 heterocycles. The molecule has 5 aliphatic heterocycles. The second-order valence-corrected chi connectivity index (χ2v) is 22.3. The van der Waals surface area contributed by atoms with Crippen molar-refractivity contribution in [3.05, 3.63) is 109 Å². The molecule has 0 radical (unpaired) electrons. The lowest BCUT2D eigenvalue weighted by Gasteiger charge is -2.32. The van der Waals surface area contributed by atoms with Gasteiger partial charge in [0.2, 0.25) is 11.8 Å². The Labute approximate surface area is 426 Å². The first-order valence-electron chi connectivity index (χ1n) is 22.9. The summed E-state index contributed by atoms with van der Waals surface area (Å²) in [6, 6.07) is 8.81. The highest BCUT2D eigenvalue weighted by Crippen LogP contribution is 2.44. The first-order valence-corrected chi connectivity index (χ1v) is 24.5. The quantitative estimate of drug-likeness (QED) is 0.0799. The first-order chi connectivity index (χ1) is 32.4. The van der Waals surface area contributed by atoms with Crippen molar-refractivity contribution in [2.75, 3.05) is 22.9 Å².